The molecule has 2 fully saturated rings. The van der Waals surface area contributed by atoms with Gasteiger partial charge in [-0.25, -0.2) is 0 Å². The van der Waals surface area contributed by atoms with Gasteiger partial charge in [0.25, 0.3) is 0 Å². The molecule has 108 valence electrons. The van der Waals surface area contributed by atoms with Gasteiger partial charge in [0.15, 0.2) is 0 Å². The van der Waals surface area contributed by atoms with Gasteiger partial charge in [-0.05, 0) is 0 Å². The number of rotatable bonds is 6. The van der Waals surface area contributed by atoms with Crippen molar-refractivity contribution in [2.45, 2.75) is 20.3 Å². The van der Waals surface area contributed by atoms with Crippen LogP contribution in [0.15, 0.2) is 0 Å². The highest BCUT2D eigenvalue weighted by molar-refractivity contribution is 5.91. The first-order valence-electron chi connectivity index (χ1n) is 6.38. The third kappa shape index (κ3) is 3.91. The summed E-state index contributed by atoms with van der Waals surface area (Å²) in [6.07, 6.45) is -0.339. The van der Waals surface area contributed by atoms with E-state index in [1.54, 1.807) is 0 Å². The summed E-state index contributed by atoms with van der Waals surface area (Å²) < 4.78 is 20.2. The lowest BCUT2D eigenvalue weighted by atomic mass is 9.90. The fourth-order valence-electron chi connectivity index (χ4n) is 1.80. The lowest BCUT2D eigenvalue weighted by Crippen LogP contribution is -2.44. The summed E-state index contributed by atoms with van der Waals surface area (Å²) in [4.78, 5) is 22.9. The molecule has 6 heteroatoms. The molecule has 2 rings (SSSR count). The van der Waals surface area contributed by atoms with Gasteiger partial charge in [-0.15, -0.1) is 0 Å². The molecule has 0 bridgehead atoms. The van der Waals surface area contributed by atoms with Crippen LogP contribution in [-0.4, -0.2) is 51.6 Å². The molecule has 0 atom stereocenters. The van der Waals surface area contributed by atoms with Gasteiger partial charge in [0.1, 0.15) is 19.6 Å². The number of hydrogen-bond donors (Lipinski definition) is 0. The molecule has 0 saturated carbocycles. The van der Waals surface area contributed by atoms with Crippen molar-refractivity contribution in [1.29, 1.82) is 0 Å². The van der Waals surface area contributed by atoms with Gasteiger partial charge < -0.3 is 18.9 Å². The molecule has 0 aromatic rings. The highest BCUT2D eigenvalue weighted by atomic mass is 16.6. The second-order valence-electron chi connectivity index (χ2n) is 6.11. The summed E-state index contributed by atoms with van der Waals surface area (Å²) in [7, 11) is 0. The molecule has 0 aliphatic carbocycles. The van der Waals surface area contributed by atoms with Crippen LogP contribution in [0.3, 0.4) is 0 Å². The Balaban J connectivity index is 1.60. The van der Waals surface area contributed by atoms with E-state index in [-0.39, 0.29) is 30.5 Å². The lowest BCUT2D eigenvalue weighted by molar-refractivity contribution is -0.174. The predicted molar refractivity (Wildman–Crippen MR) is 64.4 cm³/mol. The zero-order chi connectivity index (χ0) is 13.9. The van der Waals surface area contributed by atoms with Crippen LogP contribution in [0.1, 0.15) is 20.3 Å². The van der Waals surface area contributed by atoms with Crippen LogP contribution >= 0.6 is 0 Å². The minimum Gasteiger partial charge on any atom is -0.464 e. The first-order valence-corrected chi connectivity index (χ1v) is 6.38. The van der Waals surface area contributed by atoms with Gasteiger partial charge in [-0.3, -0.25) is 9.59 Å². The van der Waals surface area contributed by atoms with E-state index in [1.807, 2.05) is 13.8 Å². The fraction of sp³-hybridized carbons (Fsp3) is 0.846. The molecular formula is C13H20O6. The van der Waals surface area contributed by atoms with Crippen LogP contribution in [0.4, 0.5) is 0 Å². The molecular weight excluding hydrogens is 252 g/mol. The molecule has 2 heterocycles. The molecule has 0 amide bonds. The summed E-state index contributed by atoms with van der Waals surface area (Å²) in [5, 5.41) is 0. The van der Waals surface area contributed by atoms with Gasteiger partial charge in [0, 0.05) is 10.8 Å². The maximum atomic E-state index is 11.5. The van der Waals surface area contributed by atoms with Crippen molar-refractivity contribution < 1.29 is 28.5 Å². The number of ether oxygens (including phenoxy) is 4. The minimum atomic E-state index is -0.548. The van der Waals surface area contributed by atoms with Gasteiger partial charge in [0.05, 0.1) is 26.4 Å². The molecule has 0 radical (unpaired) electrons. The molecule has 2 aliphatic heterocycles. The first-order chi connectivity index (χ1) is 8.91. The number of carbonyl (C=O) groups excluding carboxylic acids is 2. The van der Waals surface area contributed by atoms with Crippen molar-refractivity contribution in [2.75, 3.05) is 39.6 Å². The van der Waals surface area contributed by atoms with Gasteiger partial charge in [-0.1, -0.05) is 13.8 Å². The van der Waals surface area contributed by atoms with E-state index in [9.17, 15) is 9.59 Å². The number of carbonyl (C=O) groups is 2. The van der Waals surface area contributed by atoms with Crippen molar-refractivity contribution in [3.63, 3.8) is 0 Å². The molecule has 19 heavy (non-hydrogen) atoms. The van der Waals surface area contributed by atoms with Crippen molar-refractivity contribution >= 4 is 11.9 Å². The van der Waals surface area contributed by atoms with E-state index in [0.717, 1.165) is 0 Å². The molecule has 2 saturated heterocycles. The Kier molecular flexibility index (Phi) is 4.10. The largest absolute Gasteiger partial charge is 0.464 e. The van der Waals surface area contributed by atoms with Crippen LogP contribution in [0, 0.1) is 10.8 Å². The second-order valence-corrected chi connectivity index (χ2v) is 6.11. The highest BCUT2D eigenvalue weighted by Crippen LogP contribution is 2.27. The summed E-state index contributed by atoms with van der Waals surface area (Å²) >= 11 is 0. The summed E-state index contributed by atoms with van der Waals surface area (Å²) in [5.41, 5.74) is -0.202. The average molecular weight is 272 g/mol. The Morgan fingerprint density at radius 1 is 0.895 bits per heavy atom. The monoisotopic (exact) mass is 272 g/mol. The van der Waals surface area contributed by atoms with Crippen LogP contribution in [-0.2, 0) is 28.5 Å². The van der Waals surface area contributed by atoms with E-state index < -0.39 is 11.9 Å². The van der Waals surface area contributed by atoms with Crippen LogP contribution in [0.2, 0.25) is 0 Å². The van der Waals surface area contributed by atoms with Gasteiger partial charge in [-0.2, -0.15) is 0 Å². The first kappa shape index (κ1) is 14.3. The number of hydrogen-bond acceptors (Lipinski definition) is 6. The second kappa shape index (κ2) is 5.46. The number of esters is 2. The van der Waals surface area contributed by atoms with Crippen LogP contribution < -0.4 is 0 Å². The third-order valence-electron chi connectivity index (χ3n) is 3.25. The maximum Gasteiger partial charge on any atom is 0.317 e. The van der Waals surface area contributed by atoms with E-state index in [0.29, 0.717) is 26.4 Å². The maximum absolute atomic E-state index is 11.5. The molecule has 0 N–H and O–H groups in total. The summed E-state index contributed by atoms with van der Waals surface area (Å²) in [6.45, 7) is 6.85. The molecule has 6 nitrogen and oxygen atoms in total. The van der Waals surface area contributed by atoms with Crippen LogP contribution in [0.5, 0.6) is 0 Å². The Labute approximate surface area is 112 Å². The van der Waals surface area contributed by atoms with Gasteiger partial charge in [0.2, 0.25) is 0 Å². The van der Waals surface area contributed by atoms with E-state index >= 15 is 0 Å². The quantitative estimate of drug-likeness (QED) is 0.519. The van der Waals surface area contributed by atoms with E-state index in [2.05, 4.69) is 0 Å². The smallest absolute Gasteiger partial charge is 0.317 e. The Morgan fingerprint density at radius 2 is 1.26 bits per heavy atom. The van der Waals surface area contributed by atoms with Crippen molar-refractivity contribution in [1.82, 2.24) is 0 Å². The van der Waals surface area contributed by atoms with E-state index in [1.165, 1.54) is 0 Å². The Hall–Kier alpha value is -1.14. The molecule has 0 unspecified atom stereocenters. The zero-order valence-electron chi connectivity index (χ0n) is 11.4. The van der Waals surface area contributed by atoms with Crippen molar-refractivity contribution in [3.8, 4) is 0 Å². The normalized spacial score (nSPS) is 22.8. The lowest BCUT2D eigenvalue weighted by Gasteiger charge is -2.37. The van der Waals surface area contributed by atoms with Crippen molar-refractivity contribution in [3.05, 3.63) is 0 Å². The Bertz CT molecular complexity index is 322. The summed E-state index contributed by atoms with van der Waals surface area (Å²) in [5.74, 6) is -1.10. The standard InChI is InChI=1S/C13H20O6/c1-12(4-16-5-12)8-18-10(14)3-11(15)19-9-13(2)6-17-7-13/h3-9H2,1-2H3. The van der Waals surface area contributed by atoms with Gasteiger partial charge >= 0.3 is 11.9 Å². The van der Waals surface area contributed by atoms with E-state index in [4.69, 9.17) is 18.9 Å². The Morgan fingerprint density at radius 3 is 1.53 bits per heavy atom. The zero-order valence-corrected chi connectivity index (χ0v) is 11.4. The molecule has 0 aromatic heterocycles. The molecule has 0 spiro atoms. The third-order valence-corrected chi connectivity index (χ3v) is 3.25. The highest BCUT2D eigenvalue weighted by Gasteiger charge is 2.36. The minimum absolute atomic E-state index is 0.101. The topological polar surface area (TPSA) is 71.1 Å². The molecule has 0 aromatic carbocycles. The van der Waals surface area contributed by atoms with Crippen molar-refractivity contribution in [2.24, 2.45) is 10.8 Å². The molecule has 2 aliphatic rings. The fourth-order valence-corrected chi connectivity index (χ4v) is 1.80. The average Bonchev–Trinajstić information content (AvgIpc) is 2.29. The predicted octanol–water partition coefficient (Wildman–Crippen LogP) is 0.536. The summed E-state index contributed by atoms with van der Waals surface area (Å²) in [6, 6.07) is 0. The van der Waals surface area contributed by atoms with Crippen LogP contribution in [0.25, 0.3) is 0 Å². The SMILES string of the molecule is CC1(COC(=O)CC(=O)OCC2(C)COC2)COC1.